The average Bonchev–Trinajstić information content (AvgIpc) is 2.76. The number of fused-ring (bicyclic) bond motifs is 1. The molecule has 24 heavy (non-hydrogen) atoms. The van der Waals surface area contributed by atoms with Gasteiger partial charge in [-0.2, -0.15) is 0 Å². The molecule has 0 bridgehead atoms. The number of aromatic nitrogens is 1. The Labute approximate surface area is 136 Å². The average molecular weight is 326 g/mol. The summed E-state index contributed by atoms with van der Waals surface area (Å²) in [5.74, 6) is -1.67. The van der Waals surface area contributed by atoms with Crippen LogP contribution in [0.1, 0.15) is 33.2 Å². The van der Waals surface area contributed by atoms with Crippen LogP contribution in [0.25, 0.3) is 5.69 Å². The van der Waals surface area contributed by atoms with E-state index < -0.39 is 17.4 Å². The molecule has 122 valence electrons. The van der Waals surface area contributed by atoms with Crippen LogP contribution in [-0.2, 0) is 4.79 Å². The Morgan fingerprint density at radius 1 is 1.17 bits per heavy atom. The molecule has 1 aliphatic heterocycles. The van der Waals surface area contributed by atoms with E-state index in [1.165, 1.54) is 6.92 Å². The predicted molar refractivity (Wildman–Crippen MR) is 87.3 cm³/mol. The molecule has 3 amide bonds. The summed E-state index contributed by atoms with van der Waals surface area (Å²) in [7, 11) is 0. The number of nitrogens with two attached hydrogens (primary N) is 1. The number of hydrogen-bond acceptors (Lipinski definition) is 5. The van der Waals surface area contributed by atoms with Crippen LogP contribution in [0.5, 0.6) is 0 Å². The van der Waals surface area contributed by atoms with Crippen LogP contribution in [0.15, 0.2) is 29.1 Å². The lowest BCUT2D eigenvalue weighted by Gasteiger charge is -2.15. The van der Waals surface area contributed by atoms with Gasteiger partial charge in [-0.3, -0.25) is 29.1 Å². The van der Waals surface area contributed by atoms with Gasteiger partial charge in [0.25, 0.3) is 17.4 Å². The van der Waals surface area contributed by atoms with Gasteiger partial charge >= 0.3 is 0 Å². The van der Waals surface area contributed by atoms with Gasteiger partial charge in [0.1, 0.15) is 5.82 Å². The van der Waals surface area contributed by atoms with Gasteiger partial charge in [0.15, 0.2) is 0 Å². The maximum absolute atomic E-state index is 12.4. The first-order valence-electron chi connectivity index (χ1n) is 7.09. The number of aryl methyl sites for hydroxylation is 1. The second kappa shape index (κ2) is 5.34. The Morgan fingerprint density at radius 3 is 2.54 bits per heavy atom. The first-order chi connectivity index (χ1) is 11.3. The van der Waals surface area contributed by atoms with Gasteiger partial charge in [-0.25, -0.2) is 0 Å². The van der Waals surface area contributed by atoms with E-state index in [9.17, 15) is 19.2 Å². The van der Waals surface area contributed by atoms with Crippen molar-refractivity contribution in [2.24, 2.45) is 0 Å². The van der Waals surface area contributed by atoms with Crippen molar-refractivity contribution in [3.05, 3.63) is 51.3 Å². The molecule has 1 aliphatic rings. The third kappa shape index (κ3) is 2.34. The smallest absolute Gasteiger partial charge is 0.262 e. The van der Waals surface area contributed by atoms with Gasteiger partial charge in [0.05, 0.1) is 16.8 Å². The maximum Gasteiger partial charge on any atom is 0.262 e. The quantitative estimate of drug-likeness (QED) is 0.696. The van der Waals surface area contributed by atoms with E-state index in [0.29, 0.717) is 16.9 Å². The van der Waals surface area contributed by atoms with Crippen molar-refractivity contribution in [2.75, 3.05) is 11.1 Å². The van der Waals surface area contributed by atoms with Crippen molar-refractivity contribution < 1.29 is 14.4 Å². The Kier molecular flexibility index (Phi) is 3.44. The SMILES string of the molecule is CC(=O)Nc1ccc(C)c(-n2c(N)c3c(cc2=O)C(=O)NC3=O)c1. The minimum Gasteiger partial charge on any atom is -0.384 e. The zero-order valence-corrected chi connectivity index (χ0v) is 13.0. The van der Waals surface area contributed by atoms with Crippen molar-refractivity contribution in [3.8, 4) is 5.69 Å². The molecule has 1 aromatic carbocycles. The molecule has 1 aromatic heterocycles. The standard InChI is InChI=1S/C16H14N4O4/c1-7-3-4-9(18-8(2)21)5-11(7)20-12(22)6-10-13(14(20)17)16(24)19-15(10)23/h3-6H,17H2,1-2H3,(H,18,21)(H,19,23,24). The summed E-state index contributed by atoms with van der Waals surface area (Å²) < 4.78 is 1.15. The van der Waals surface area contributed by atoms with Crippen LogP contribution in [-0.4, -0.2) is 22.3 Å². The molecule has 8 nitrogen and oxygen atoms in total. The number of imide groups is 1. The number of hydrogen-bond donors (Lipinski definition) is 3. The van der Waals surface area contributed by atoms with Crippen molar-refractivity contribution in [2.45, 2.75) is 13.8 Å². The van der Waals surface area contributed by atoms with Gasteiger partial charge in [-0.05, 0) is 24.6 Å². The minimum atomic E-state index is -0.644. The molecular weight excluding hydrogens is 312 g/mol. The lowest BCUT2D eigenvalue weighted by atomic mass is 10.1. The van der Waals surface area contributed by atoms with Crippen LogP contribution in [0.2, 0.25) is 0 Å². The second-order valence-electron chi connectivity index (χ2n) is 5.46. The van der Waals surface area contributed by atoms with Gasteiger partial charge in [0, 0.05) is 18.7 Å². The van der Waals surface area contributed by atoms with E-state index in [1.54, 1.807) is 25.1 Å². The fourth-order valence-corrected chi connectivity index (χ4v) is 2.66. The number of benzene rings is 1. The molecule has 4 N–H and O–H groups in total. The first kappa shape index (κ1) is 15.5. The summed E-state index contributed by atoms with van der Waals surface area (Å²) in [6.45, 7) is 3.13. The van der Waals surface area contributed by atoms with Crippen LogP contribution >= 0.6 is 0 Å². The number of pyridine rings is 1. The van der Waals surface area contributed by atoms with E-state index in [4.69, 9.17) is 5.73 Å². The molecule has 0 saturated carbocycles. The summed E-state index contributed by atoms with van der Waals surface area (Å²) >= 11 is 0. The molecule has 0 fully saturated rings. The number of nitrogens with zero attached hydrogens (tertiary/aromatic N) is 1. The van der Waals surface area contributed by atoms with Gasteiger partial charge in [0.2, 0.25) is 5.91 Å². The topological polar surface area (TPSA) is 123 Å². The number of amides is 3. The highest BCUT2D eigenvalue weighted by molar-refractivity contribution is 6.23. The highest BCUT2D eigenvalue weighted by atomic mass is 16.2. The number of carbonyl (C=O) groups excluding carboxylic acids is 3. The van der Waals surface area contributed by atoms with Crippen LogP contribution in [0.4, 0.5) is 11.5 Å². The molecule has 0 unspecified atom stereocenters. The maximum atomic E-state index is 12.4. The molecule has 2 heterocycles. The Bertz CT molecular complexity index is 975. The zero-order chi connectivity index (χ0) is 17.6. The summed E-state index contributed by atoms with van der Waals surface area (Å²) in [6.07, 6.45) is 0. The zero-order valence-electron chi connectivity index (χ0n) is 13.0. The number of nitrogens with one attached hydrogen (secondary N) is 2. The van der Waals surface area contributed by atoms with Crippen molar-refractivity contribution in [3.63, 3.8) is 0 Å². The third-order valence-corrected chi connectivity index (χ3v) is 3.72. The molecule has 3 rings (SSSR count). The van der Waals surface area contributed by atoms with Crippen LogP contribution in [0, 0.1) is 6.92 Å². The molecular formula is C16H14N4O4. The summed E-state index contributed by atoms with van der Waals surface area (Å²) in [6, 6.07) is 6.06. The lowest BCUT2D eigenvalue weighted by molar-refractivity contribution is -0.114. The van der Waals surface area contributed by atoms with E-state index in [2.05, 4.69) is 10.6 Å². The largest absolute Gasteiger partial charge is 0.384 e. The second-order valence-corrected chi connectivity index (χ2v) is 5.46. The van der Waals surface area contributed by atoms with Crippen molar-refractivity contribution in [1.29, 1.82) is 0 Å². The minimum absolute atomic E-state index is 0.0241. The lowest BCUT2D eigenvalue weighted by Crippen LogP contribution is -2.24. The Hall–Kier alpha value is -3.42. The summed E-state index contributed by atoms with van der Waals surface area (Å²) in [5.41, 5.74) is 7.01. The van der Waals surface area contributed by atoms with Crippen molar-refractivity contribution in [1.82, 2.24) is 9.88 Å². The predicted octanol–water partition coefficient (Wildman–Crippen LogP) is 0.570. The van der Waals surface area contributed by atoms with Crippen molar-refractivity contribution >= 4 is 29.2 Å². The third-order valence-electron chi connectivity index (χ3n) is 3.72. The van der Waals surface area contributed by atoms with E-state index in [-0.39, 0.29) is 22.9 Å². The summed E-state index contributed by atoms with van der Waals surface area (Å²) in [4.78, 5) is 47.3. The number of carbonyl (C=O) groups is 3. The van der Waals surface area contributed by atoms with E-state index in [1.807, 2.05) is 0 Å². The fraction of sp³-hybridized carbons (Fsp3) is 0.125. The van der Waals surface area contributed by atoms with Gasteiger partial charge in [-0.1, -0.05) is 6.07 Å². The van der Waals surface area contributed by atoms with E-state index in [0.717, 1.165) is 10.6 Å². The number of rotatable bonds is 2. The number of nitrogen functional groups attached to an aromatic ring is 1. The molecule has 0 atom stereocenters. The van der Waals surface area contributed by atoms with Gasteiger partial charge < -0.3 is 11.1 Å². The Morgan fingerprint density at radius 2 is 1.88 bits per heavy atom. The molecule has 0 radical (unpaired) electrons. The van der Waals surface area contributed by atoms with Crippen LogP contribution < -0.4 is 21.9 Å². The highest BCUT2D eigenvalue weighted by Gasteiger charge is 2.32. The van der Waals surface area contributed by atoms with Crippen LogP contribution in [0.3, 0.4) is 0 Å². The summed E-state index contributed by atoms with van der Waals surface area (Å²) in [5, 5.41) is 4.73. The molecule has 0 saturated heterocycles. The first-order valence-corrected chi connectivity index (χ1v) is 7.09. The highest BCUT2D eigenvalue weighted by Crippen LogP contribution is 2.25. The molecule has 8 heteroatoms. The monoisotopic (exact) mass is 326 g/mol. The molecule has 2 aromatic rings. The Balaban J connectivity index is 2.27. The molecule has 0 spiro atoms. The van der Waals surface area contributed by atoms with E-state index >= 15 is 0 Å². The fourth-order valence-electron chi connectivity index (χ4n) is 2.66. The molecule has 0 aliphatic carbocycles. The normalized spacial score (nSPS) is 12.8. The number of anilines is 2. The van der Waals surface area contributed by atoms with Gasteiger partial charge in [-0.15, -0.1) is 0 Å².